The summed E-state index contributed by atoms with van der Waals surface area (Å²) in [5.74, 6) is 14.7. The first-order valence-corrected chi connectivity index (χ1v) is 7.50. The molecule has 2 aliphatic carbocycles. The molecule has 0 nitrogen and oxygen atoms in total. The van der Waals surface area contributed by atoms with Crippen LogP contribution in [0.5, 0.6) is 0 Å². The predicted molar refractivity (Wildman–Crippen MR) is 95.6 cm³/mol. The van der Waals surface area contributed by atoms with E-state index in [2.05, 4.69) is 69.2 Å². The summed E-state index contributed by atoms with van der Waals surface area (Å²) < 4.78 is 0. The van der Waals surface area contributed by atoms with E-state index >= 15 is 0 Å². The van der Waals surface area contributed by atoms with Crippen molar-refractivity contribution in [3.05, 3.63) is 66.6 Å². The molecule has 0 bridgehead atoms. The summed E-state index contributed by atoms with van der Waals surface area (Å²) >= 11 is 0. The second-order valence-electron chi connectivity index (χ2n) is 6.25. The SMILES string of the molecule is C[C]1[C](C)[C](C)[C](C)[C]1C.C[C]1[C](C)[C](C)[C](C)[C]1C.[CH3-].[Y]. The molecular weight excluding hydrogens is 341 g/mol. The van der Waals surface area contributed by atoms with Gasteiger partial charge < -0.3 is 7.43 Å². The molecule has 121 valence electrons. The zero-order chi connectivity index (χ0) is 15.8. The van der Waals surface area contributed by atoms with Crippen LogP contribution in [0, 0.1) is 66.6 Å². The van der Waals surface area contributed by atoms with Gasteiger partial charge in [0.1, 0.15) is 0 Å². The van der Waals surface area contributed by atoms with Crippen molar-refractivity contribution < 1.29 is 32.7 Å². The molecule has 11 radical (unpaired) electrons. The van der Waals surface area contributed by atoms with Gasteiger partial charge in [-0.05, 0) is 59.2 Å². The Hall–Kier alpha value is 1.10. The van der Waals surface area contributed by atoms with Gasteiger partial charge in [-0.15, -0.1) is 0 Å². The molecule has 2 fully saturated rings. The van der Waals surface area contributed by atoms with Gasteiger partial charge in [0, 0.05) is 32.7 Å². The molecule has 0 aromatic carbocycles. The summed E-state index contributed by atoms with van der Waals surface area (Å²) in [5.41, 5.74) is 0. The zero-order valence-electron chi connectivity index (χ0n) is 16.6. The van der Waals surface area contributed by atoms with Crippen molar-refractivity contribution in [3.8, 4) is 0 Å². The second-order valence-corrected chi connectivity index (χ2v) is 6.25. The Balaban J connectivity index is 0. The fourth-order valence-electron chi connectivity index (χ4n) is 2.81. The van der Waals surface area contributed by atoms with Crippen molar-refractivity contribution in [2.45, 2.75) is 69.2 Å². The van der Waals surface area contributed by atoms with Crippen molar-refractivity contribution in [1.29, 1.82) is 0 Å². The van der Waals surface area contributed by atoms with Crippen LogP contribution in [0.15, 0.2) is 0 Å². The van der Waals surface area contributed by atoms with E-state index in [9.17, 15) is 0 Å². The van der Waals surface area contributed by atoms with Crippen LogP contribution in [0.25, 0.3) is 0 Å². The maximum Gasteiger partial charge on any atom is 0 e. The van der Waals surface area contributed by atoms with Gasteiger partial charge in [0.05, 0.1) is 0 Å². The Morgan fingerprint density at radius 1 is 0.273 bits per heavy atom. The van der Waals surface area contributed by atoms with Gasteiger partial charge >= 0.3 is 0 Å². The minimum absolute atomic E-state index is 0. The second kappa shape index (κ2) is 10.2. The monoisotopic (exact) mass is 374 g/mol. The Kier molecular flexibility index (Phi) is 11.7. The van der Waals surface area contributed by atoms with Crippen molar-refractivity contribution in [2.24, 2.45) is 0 Å². The molecule has 2 rings (SSSR count). The molecular formula is C21H33Y-. The van der Waals surface area contributed by atoms with Crippen molar-refractivity contribution in [2.75, 3.05) is 0 Å². The molecule has 2 saturated carbocycles. The van der Waals surface area contributed by atoms with Crippen LogP contribution in [0.1, 0.15) is 69.2 Å². The van der Waals surface area contributed by atoms with E-state index in [1.54, 1.807) is 0 Å². The summed E-state index contributed by atoms with van der Waals surface area (Å²) in [5, 5.41) is 0. The van der Waals surface area contributed by atoms with E-state index in [1.807, 2.05) is 0 Å². The van der Waals surface area contributed by atoms with Crippen LogP contribution in [0.3, 0.4) is 0 Å². The minimum Gasteiger partial charge on any atom is -0.358 e. The van der Waals surface area contributed by atoms with E-state index < -0.39 is 0 Å². The molecule has 1 heteroatoms. The van der Waals surface area contributed by atoms with Crippen LogP contribution in [-0.4, -0.2) is 0 Å². The first-order valence-electron chi connectivity index (χ1n) is 7.50. The van der Waals surface area contributed by atoms with Gasteiger partial charge in [-0.2, -0.15) is 0 Å². The van der Waals surface area contributed by atoms with E-state index in [0.717, 1.165) is 0 Å². The maximum atomic E-state index is 2.20. The molecule has 0 unspecified atom stereocenters. The fourth-order valence-corrected chi connectivity index (χ4v) is 2.81. The topological polar surface area (TPSA) is 0 Å². The molecule has 0 aromatic rings. The summed E-state index contributed by atoms with van der Waals surface area (Å²) in [6, 6.07) is 0. The molecule has 0 N–H and O–H groups in total. The molecule has 22 heavy (non-hydrogen) atoms. The van der Waals surface area contributed by atoms with Gasteiger partial charge in [0.2, 0.25) is 0 Å². The first kappa shape index (κ1) is 25.3. The summed E-state index contributed by atoms with van der Waals surface area (Å²) in [4.78, 5) is 0. The first-order chi connectivity index (χ1) is 9.11. The third-order valence-electron chi connectivity index (χ3n) is 5.62. The molecule has 0 saturated heterocycles. The smallest absolute Gasteiger partial charge is 0 e. The van der Waals surface area contributed by atoms with Crippen LogP contribution in [0.2, 0.25) is 0 Å². The fraction of sp³-hybridized carbons (Fsp3) is 0.476. The Morgan fingerprint density at radius 2 is 0.318 bits per heavy atom. The average Bonchev–Trinajstić information content (AvgIpc) is 2.71. The largest absolute Gasteiger partial charge is 0.358 e. The Labute approximate surface area is 167 Å². The summed E-state index contributed by atoms with van der Waals surface area (Å²) in [6.45, 7) is 22.0. The van der Waals surface area contributed by atoms with Gasteiger partial charge in [-0.3, -0.25) is 0 Å². The minimum atomic E-state index is 0. The number of rotatable bonds is 0. The third kappa shape index (κ3) is 5.05. The Morgan fingerprint density at radius 3 is 0.364 bits per heavy atom. The third-order valence-corrected chi connectivity index (χ3v) is 5.62. The van der Waals surface area contributed by atoms with E-state index in [-0.39, 0.29) is 40.1 Å². The van der Waals surface area contributed by atoms with Crippen LogP contribution < -0.4 is 0 Å². The molecule has 0 amide bonds. The van der Waals surface area contributed by atoms with Gasteiger partial charge in [0.15, 0.2) is 0 Å². The van der Waals surface area contributed by atoms with Crippen molar-refractivity contribution in [1.82, 2.24) is 0 Å². The van der Waals surface area contributed by atoms with Crippen LogP contribution >= 0.6 is 0 Å². The standard InChI is InChI=1S/2C10H15.CH3.Y/c2*1-6-7(2)9(4)10(5)8(6)3;;/h2*1-5H3;1H3;/q;;-1;. The molecule has 0 aromatic heterocycles. The Bertz CT molecular complexity index is 181. The maximum absolute atomic E-state index is 2.20. The molecule has 0 aliphatic heterocycles. The number of hydrogen-bond acceptors (Lipinski definition) is 0. The molecule has 0 spiro atoms. The van der Waals surface area contributed by atoms with Gasteiger partial charge in [-0.1, -0.05) is 69.2 Å². The quantitative estimate of drug-likeness (QED) is 0.431. The zero-order valence-corrected chi connectivity index (χ0v) is 19.4. The van der Waals surface area contributed by atoms with Gasteiger partial charge in [-0.25, -0.2) is 0 Å². The van der Waals surface area contributed by atoms with Crippen molar-refractivity contribution in [3.63, 3.8) is 0 Å². The van der Waals surface area contributed by atoms with E-state index in [1.165, 1.54) is 59.2 Å². The average molecular weight is 374 g/mol. The van der Waals surface area contributed by atoms with Crippen molar-refractivity contribution >= 4 is 0 Å². The van der Waals surface area contributed by atoms with E-state index in [4.69, 9.17) is 0 Å². The van der Waals surface area contributed by atoms with Gasteiger partial charge in [0.25, 0.3) is 0 Å². The van der Waals surface area contributed by atoms with E-state index in [0.29, 0.717) is 0 Å². The summed E-state index contributed by atoms with van der Waals surface area (Å²) in [6.07, 6.45) is 0. The summed E-state index contributed by atoms with van der Waals surface area (Å²) in [7, 11) is 0. The number of hydrogen-bond donors (Lipinski definition) is 0. The van der Waals surface area contributed by atoms with Crippen LogP contribution in [0.4, 0.5) is 0 Å². The normalized spacial score (nSPS) is 25.9. The molecule has 0 heterocycles. The van der Waals surface area contributed by atoms with Crippen LogP contribution in [-0.2, 0) is 32.7 Å². The molecule has 2 aliphatic rings. The predicted octanol–water partition coefficient (Wildman–Crippen LogP) is 6.39. The molecule has 0 atom stereocenters.